The van der Waals surface area contributed by atoms with Crippen LogP contribution in [0.2, 0.25) is 0 Å². The zero-order valence-corrected chi connectivity index (χ0v) is 17.0. The molecule has 0 amide bonds. The lowest BCUT2D eigenvalue weighted by molar-refractivity contribution is 0.102. The Labute approximate surface area is 173 Å². The van der Waals surface area contributed by atoms with E-state index in [1.807, 2.05) is 18.2 Å². The summed E-state index contributed by atoms with van der Waals surface area (Å²) in [6.45, 7) is 2.03. The zero-order valence-electron chi connectivity index (χ0n) is 16.2. The highest BCUT2D eigenvalue weighted by molar-refractivity contribution is 7.22. The van der Waals surface area contributed by atoms with Gasteiger partial charge in [-0.05, 0) is 30.9 Å². The molecule has 2 aliphatic rings. The number of hydrogen-bond donors (Lipinski definition) is 2. The number of nitrogens with zero attached hydrogens (tertiary/aromatic N) is 4. The lowest BCUT2D eigenvalue weighted by Gasteiger charge is -2.37. The molecule has 2 N–H and O–H groups in total. The Morgan fingerprint density at radius 3 is 2.72 bits per heavy atom. The third-order valence-corrected chi connectivity index (χ3v) is 6.78. The largest absolute Gasteiger partial charge is 0.472 e. The quantitative estimate of drug-likeness (QED) is 0.644. The van der Waals surface area contributed by atoms with Gasteiger partial charge in [0.2, 0.25) is 0 Å². The highest BCUT2D eigenvalue weighted by atomic mass is 32.1. The number of para-hydroxylation sites is 1. The molecule has 1 aliphatic carbocycles. The van der Waals surface area contributed by atoms with Crippen LogP contribution >= 0.6 is 11.3 Å². The van der Waals surface area contributed by atoms with E-state index < -0.39 is 0 Å². The van der Waals surface area contributed by atoms with E-state index in [4.69, 9.17) is 4.74 Å². The molecule has 5 rings (SSSR count). The molecular weight excluding hydrogens is 386 g/mol. The second kappa shape index (κ2) is 8.12. The lowest BCUT2D eigenvalue weighted by Crippen LogP contribution is -2.43. The molecule has 1 saturated carbocycles. The number of hydrogen-bond acceptors (Lipinski definition) is 8. The molecule has 0 atom stereocenters. The van der Waals surface area contributed by atoms with Crippen molar-refractivity contribution in [1.29, 1.82) is 0 Å². The predicted octanol–water partition coefficient (Wildman–Crippen LogP) is 3.32. The summed E-state index contributed by atoms with van der Waals surface area (Å²) in [5.41, 5.74) is 1.04. The molecule has 0 radical (unpaired) electrons. The molecule has 2 aromatic heterocycles. The van der Waals surface area contributed by atoms with E-state index in [0.717, 1.165) is 55.2 Å². The number of ether oxygens (including phenoxy) is 1. The number of thiazole rings is 1. The van der Waals surface area contributed by atoms with Gasteiger partial charge in [-0.2, -0.15) is 0 Å². The SMILES string of the molecule is OCC1CCN(c2nccnc2OC2CC(Nc3nc4ccccc4s3)C2)CC1. The van der Waals surface area contributed by atoms with Crippen LogP contribution in [0, 0.1) is 5.92 Å². The molecule has 1 saturated heterocycles. The smallest absolute Gasteiger partial charge is 0.257 e. The maximum absolute atomic E-state index is 9.35. The van der Waals surface area contributed by atoms with Gasteiger partial charge < -0.3 is 20.1 Å². The number of rotatable bonds is 6. The van der Waals surface area contributed by atoms with Gasteiger partial charge in [-0.3, -0.25) is 0 Å². The first kappa shape index (κ1) is 18.6. The summed E-state index contributed by atoms with van der Waals surface area (Å²) in [7, 11) is 0. The minimum atomic E-state index is 0.146. The summed E-state index contributed by atoms with van der Waals surface area (Å²) in [5, 5.41) is 13.9. The van der Waals surface area contributed by atoms with Crippen molar-refractivity contribution in [3.8, 4) is 5.88 Å². The fraction of sp³-hybridized carbons (Fsp3) is 0.476. The van der Waals surface area contributed by atoms with Gasteiger partial charge in [-0.25, -0.2) is 15.0 Å². The molecule has 0 spiro atoms. The molecule has 2 fully saturated rings. The van der Waals surface area contributed by atoms with Crippen molar-refractivity contribution in [2.24, 2.45) is 5.92 Å². The highest BCUT2D eigenvalue weighted by Gasteiger charge is 2.33. The number of aliphatic hydroxyl groups is 1. The predicted molar refractivity (Wildman–Crippen MR) is 115 cm³/mol. The van der Waals surface area contributed by atoms with Gasteiger partial charge in [0, 0.05) is 51.0 Å². The molecule has 8 heteroatoms. The van der Waals surface area contributed by atoms with Crippen LogP contribution in [0.4, 0.5) is 10.9 Å². The fourth-order valence-corrected chi connectivity index (χ4v) is 4.93. The van der Waals surface area contributed by atoms with Crippen LogP contribution in [0.5, 0.6) is 5.88 Å². The van der Waals surface area contributed by atoms with E-state index >= 15 is 0 Å². The highest BCUT2D eigenvalue weighted by Crippen LogP contribution is 2.34. The lowest BCUT2D eigenvalue weighted by atomic mass is 9.89. The summed E-state index contributed by atoms with van der Waals surface area (Å²) < 4.78 is 7.40. The number of fused-ring (bicyclic) bond motifs is 1. The van der Waals surface area contributed by atoms with Crippen LogP contribution in [0.25, 0.3) is 10.2 Å². The fourth-order valence-electron chi connectivity index (χ4n) is 3.99. The summed E-state index contributed by atoms with van der Waals surface area (Å²) in [4.78, 5) is 15.9. The number of anilines is 2. The molecule has 7 nitrogen and oxygen atoms in total. The topological polar surface area (TPSA) is 83.4 Å². The maximum Gasteiger partial charge on any atom is 0.257 e. The first-order valence-corrected chi connectivity index (χ1v) is 11.1. The summed E-state index contributed by atoms with van der Waals surface area (Å²) in [6, 6.07) is 8.58. The van der Waals surface area contributed by atoms with Gasteiger partial charge in [-0.1, -0.05) is 23.5 Å². The van der Waals surface area contributed by atoms with E-state index in [2.05, 4.69) is 31.2 Å². The second-order valence-electron chi connectivity index (χ2n) is 7.84. The van der Waals surface area contributed by atoms with Gasteiger partial charge in [-0.15, -0.1) is 0 Å². The molecule has 0 unspecified atom stereocenters. The first-order chi connectivity index (χ1) is 14.3. The Hall–Kier alpha value is -2.45. The first-order valence-electron chi connectivity index (χ1n) is 10.2. The molecule has 3 aromatic rings. The normalized spacial score (nSPS) is 22.4. The van der Waals surface area contributed by atoms with Gasteiger partial charge >= 0.3 is 0 Å². The van der Waals surface area contributed by atoms with Crippen molar-refractivity contribution in [3.63, 3.8) is 0 Å². The van der Waals surface area contributed by atoms with Crippen molar-refractivity contribution in [2.75, 3.05) is 29.9 Å². The van der Waals surface area contributed by atoms with Crippen molar-refractivity contribution in [2.45, 2.75) is 37.8 Å². The van der Waals surface area contributed by atoms with Gasteiger partial charge in [0.05, 0.1) is 10.2 Å². The Morgan fingerprint density at radius 1 is 1.14 bits per heavy atom. The second-order valence-corrected chi connectivity index (χ2v) is 8.87. The molecule has 1 aromatic carbocycles. The minimum Gasteiger partial charge on any atom is -0.472 e. The Bertz CT molecular complexity index is 933. The standard InChI is InChI=1S/C21H25N5O2S/c27-13-14-5-9-26(10-6-14)19-20(23-8-7-22-19)28-16-11-15(12-16)24-21-25-17-3-1-2-4-18(17)29-21/h1-4,7-8,14-16,27H,5-6,9-13H2,(H,24,25). The number of aromatic nitrogens is 3. The van der Waals surface area contributed by atoms with Crippen molar-refractivity contribution < 1.29 is 9.84 Å². The number of nitrogens with one attached hydrogen (secondary N) is 1. The van der Waals surface area contributed by atoms with E-state index in [1.165, 1.54) is 4.70 Å². The van der Waals surface area contributed by atoms with Crippen LogP contribution in [-0.4, -0.2) is 51.9 Å². The van der Waals surface area contributed by atoms with Crippen LogP contribution < -0.4 is 15.0 Å². The summed E-state index contributed by atoms with van der Waals surface area (Å²) >= 11 is 1.69. The third-order valence-electron chi connectivity index (χ3n) is 5.81. The number of aliphatic hydroxyl groups excluding tert-OH is 1. The Balaban J connectivity index is 1.17. The Kier molecular flexibility index (Phi) is 5.20. The van der Waals surface area contributed by atoms with Crippen LogP contribution in [0.1, 0.15) is 25.7 Å². The van der Waals surface area contributed by atoms with Crippen molar-refractivity contribution >= 4 is 32.5 Å². The molecule has 152 valence electrons. The van der Waals surface area contributed by atoms with E-state index in [-0.39, 0.29) is 12.7 Å². The average Bonchev–Trinajstić information content (AvgIpc) is 3.15. The molecular formula is C21H25N5O2S. The molecule has 0 bridgehead atoms. The van der Waals surface area contributed by atoms with Crippen molar-refractivity contribution in [3.05, 3.63) is 36.7 Å². The summed E-state index contributed by atoms with van der Waals surface area (Å²) in [5.74, 6) is 1.85. The number of piperidine rings is 1. The van der Waals surface area contributed by atoms with Gasteiger partial charge in [0.15, 0.2) is 10.9 Å². The number of benzene rings is 1. The van der Waals surface area contributed by atoms with Gasteiger partial charge in [0.1, 0.15) is 6.10 Å². The molecule has 3 heterocycles. The van der Waals surface area contributed by atoms with E-state index in [9.17, 15) is 5.11 Å². The van der Waals surface area contributed by atoms with Crippen LogP contribution in [0.15, 0.2) is 36.7 Å². The summed E-state index contributed by atoms with van der Waals surface area (Å²) in [6.07, 6.45) is 7.37. The third kappa shape index (κ3) is 4.00. The van der Waals surface area contributed by atoms with Gasteiger partial charge in [0.25, 0.3) is 5.88 Å². The Morgan fingerprint density at radius 2 is 1.93 bits per heavy atom. The maximum atomic E-state index is 9.35. The molecule has 1 aliphatic heterocycles. The minimum absolute atomic E-state index is 0.146. The van der Waals surface area contributed by atoms with E-state index in [0.29, 0.717) is 17.8 Å². The van der Waals surface area contributed by atoms with E-state index in [1.54, 1.807) is 23.7 Å². The van der Waals surface area contributed by atoms with Crippen molar-refractivity contribution in [1.82, 2.24) is 15.0 Å². The zero-order chi connectivity index (χ0) is 19.6. The molecule has 29 heavy (non-hydrogen) atoms. The average molecular weight is 412 g/mol. The van der Waals surface area contributed by atoms with Crippen LogP contribution in [0.3, 0.4) is 0 Å². The monoisotopic (exact) mass is 411 g/mol. The van der Waals surface area contributed by atoms with Crippen LogP contribution in [-0.2, 0) is 0 Å².